The maximum atomic E-state index is 11.3. The number of thiophene rings is 1. The van der Waals surface area contributed by atoms with Gasteiger partial charge in [-0.1, -0.05) is 0 Å². The van der Waals surface area contributed by atoms with Crippen molar-refractivity contribution < 1.29 is 4.79 Å². The molecule has 0 spiro atoms. The van der Waals surface area contributed by atoms with E-state index in [1.54, 1.807) is 17.7 Å². The summed E-state index contributed by atoms with van der Waals surface area (Å²) in [4.78, 5) is 25.7. The Morgan fingerprint density at radius 1 is 1.06 bits per heavy atom. The maximum absolute atomic E-state index is 11.3. The Morgan fingerprint density at radius 3 is 2.45 bits per heavy atom. The average Bonchev–Trinajstić information content (AvgIpc) is 3.49. The van der Waals surface area contributed by atoms with Crippen LogP contribution in [-0.2, 0) is 11.8 Å². The zero-order valence-corrected chi connectivity index (χ0v) is 19.4. The Bertz CT molecular complexity index is 1460. The first-order valence-corrected chi connectivity index (χ1v) is 11.3. The highest BCUT2D eigenvalue weighted by Gasteiger charge is 2.20. The van der Waals surface area contributed by atoms with Gasteiger partial charge in [0.2, 0.25) is 5.91 Å². The highest BCUT2D eigenvalue weighted by Crippen LogP contribution is 2.31. The molecule has 0 radical (unpaired) electrons. The number of aryl methyl sites for hydroxylation is 2. The number of nitrogens with one attached hydrogen (secondary N) is 2. The van der Waals surface area contributed by atoms with Gasteiger partial charge in [-0.2, -0.15) is 16.4 Å². The number of hydrogen-bond acceptors (Lipinski definition) is 7. The predicted octanol–water partition coefficient (Wildman–Crippen LogP) is 4.60. The molecular weight excluding hydrogens is 436 g/mol. The molecule has 5 rings (SSSR count). The van der Waals surface area contributed by atoms with Gasteiger partial charge in [0.1, 0.15) is 6.33 Å². The van der Waals surface area contributed by atoms with Crippen LogP contribution in [0.25, 0.3) is 28.2 Å². The highest BCUT2D eigenvalue weighted by atomic mass is 32.1. The van der Waals surface area contributed by atoms with Crippen molar-refractivity contribution in [2.24, 2.45) is 7.05 Å². The van der Waals surface area contributed by atoms with Crippen LogP contribution in [0.3, 0.4) is 0 Å². The smallest absolute Gasteiger partial charge is 0.221 e. The van der Waals surface area contributed by atoms with E-state index in [1.165, 1.54) is 6.92 Å². The molecule has 4 aromatic heterocycles. The molecule has 10 heteroatoms. The fraction of sp³-hybridized carbons (Fsp3) is 0.174. The van der Waals surface area contributed by atoms with E-state index in [4.69, 9.17) is 9.97 Å². The molecular formula is C23H22N8OS. The summed E-state index contributed by atoms with van der Waals surface area (Å²) >= 11 is 1.62. The number of anilines is 3. The standard InChI is InChI=1S/C23H22N8OS/c1-13-19(14(2)30(4)29-13)21-27-22(26-17-7-5-16(6-8-17)25-15(3)32)20-23(28-21)31(12-24-20)18-9-10-33-11-18/h5-12H,1-4H3,(H,25,32)(H,26,27,28). The largest absolute Gasteiger partial charge is 0.338 e. The second-order valence-corrected chi connectivity index (χ2v) is 8.50. The third kappa shape index (κ3) is 3.85. The number of benzene rings is 1. The number of fused-ring (bicyclic) bond motifs is 1. The Balaban J connectivity index is 1.65. The van der Waals surface area contributed by atoms with E-state index in [-0.39, 0.29) is 5.91 Å². The zero-order valence-electron chi connectivity index (χ0n) is 18.6. The summed E-state index contributed by atoms with van der Waals surface area (Å²) < 4.78 is 3.80. The monoisotopic (exact) mass is 458 g/mol. The fourth-order valence-electron chi connectivity index (χ4n) is 3.76. The molecule has 4 heterocycles. The number of rotatable bonds is 5. The van der Waals surface area contributed by atoms with Crippen LogP contribution in [0, 0.1) is 13.8 Å². The normalized spacial score (nSPS) is 11.2. The SMILES string of the molecule is CC(=O)Nc1ccc(Nc2nc(-c3c(C)nn(C)c3C)nc3c2ncn3-c2ccsc2)cc1. The Kier molecular flexibility index (Phi) is 5.14. The van der Waals surface area contributed by atoms with Gasteiger partial charge >= 0.3 is 0 Å². The molecule has 0 bridgehead atoms. The molecule has 0 aliphatic heterocycles. The number of carbonyl (C=O) groups is 1. The summed E-state index contributed by atoms with van der Waals surface area (Å²) in [5, 5.41) is 14.8. The van der Waals surface area contributed by atoms with Crippen LogP contribution in [0.5, 0.6) is 0 Å². The van der Waals surface area contributed by atoms with Gasteiger partial charge in [0.05, 0.1) is 16.9 Å². The number of imidazole rings is 1. The second-order valence-electron chi connectivity index (χ2n) is 7.72. The molecule has 0 fully saturated rings. The molecule has 1 amide bonds. The minimum absolute atomic E-state index is 0.112. The van der Waals surface area contributed by atoms with Crippen LogP contribution in [0.1, 0.15) is 18.3 Å². The molecule has 5 aromatic rings. The summed E-state index contributed by atoms with van der Waals surface area (Å²) in [6.07, 6.45) is 1.76. The minimum atomic E-state index is -0.112. The van der Waals surface area contributed by atoms with Gasteiger partial charge in [0.15, 0.2) is 22.8 Å². The lowest BCUT2D eigenvalue weighted by atomic mass is 10.2. The fourth-order valence-corrected chi connectivity index (χ4v) is 4.38. The van der Waals surface area contributed by atoms with E-state index in [2.05, 4.69) is 26.1 Å². The van der Waals surface area contributed by atoms with E-state index >= 15 is 0 Å². The topological polar surface area (TPSA) is 103 Å². The number of nitrogens with zero attached hydrogens (tertiary/aromatic N) is 6. The van der Waals surface area contributed by atoms with Crippen molar-refractivity contribution in [3.8, 4) is 17.1 Å². The van der Waals surface area contributed by atoms with Gasteiger partial charge in [0, 0.05) is 36.4 Å². The molecule has 0 aliphatic carbocycles. The Hall–Kier alpha value is -4.05. The molecule has 9 nitrogen and oxygen atoms in total. The van der Waals surface area contributed by atoms with Crippen molar-refractivity contribution >= 4 is 45.6 Å². The van der Waals surface area contributed by atoms with Crippen molar-refractivity contribution in [1.29, 1.82) is 0 Å². The van der Waals surface area contributed by atoms with E-state index in [1.807, 2.05) is 65.9 Å². The van der Waals surface area contributed by atoms with E-state index in [9.17, 15) is 4.79 Å². The van der Waals surface area contributed by atoms with Crippen LogP contribution in [0.15, 0.2) is 47.4 Å². The van der Waals surface area contributed by atoms with Crippen molar-refractivity contribution in [2.45, 2.75) is 20.8 Å². The summed E-state index contributed by atoms with van der Waals surface area (Å²) in [7, 11) is 1.91. The van der Waals surface area contributed by atoms with Gasteiger partial charge in [-0.15, -0.1) is 0 Å². The van der Waals surface area contributed by atoms with Crippen LogP contribution in [-0.4, -0.2) is 35.2 Å². The van der Waals surface area contributed by atoms with Crippen molar-refractivity contribution in [3.63, 3.8) is 0 Å². The van der Waals surface area contributed by atoms with Crippen LogP contribution in [0.4, 0.5) is 17.2 Å². The molecule has 2 N–H and O–H groups in total. The third-order valence-corrected chi connectivity index (χ3v) is 6.05. The number of hydrogen-bond donors (Lipinski definition) is 2. The average molecular weight is 459 g/mol. The van der Waals surface area contributed by atoms with Crippen LogP contribution >= 0.6 is 11.3 Å². The van der Waals surface area contributed by atoms with Gasteiger partial charge in [-0.3, -0.25) is 14.0 Å². The van der Waals surface area contributed by atoms with Gasteiger partial charge < -0.3 is 10.6 Å². The molecule has 166 valence electrons. The number of amides is 1. The number of aromatic nitrogens is 6. The lowest BCUT2D eigenvalue weighted by Gasteiger charge is -2.11. The molecule has 1 aromatic carbocycles. The highest BCUT2D eigenvalue weighted by molar-refractivity contribution is 7.08. The molecule has 0 atom stereocenters. The van der Waals surface area contributed by atoms with Gasteiger partial charge in [-0.25, -0.2) is 15.0 Å². The first kappa shape index (κ1) is 20.8. The minimum Gasteiger partial charge on any atom is -0.338 e. The quantitative estimate of drug-likeness (QED) is 0.399. The third-order valence-electron chi connectivity index (χ3n) is 5.38. The van der Waals surface area contributed by atoms with E-state index in [0.717, 1.165) is 34.0 Å². The van der Waals surface area contributed by atoms with Crippen molar-refractivity contribution in [2.75, 3.05) is 10.6 Å². The molecule has 0 saturated heterocycles. The van der Waals surface area contributed by atoms with Crippen molar-refractivity contribution in [3.05, 3.63) is 58.8 Å². The molecule has 0 unspecified atom stereocenters. The zero-order chi connectivity index (χ0) is 23.1. The second kappa shape index (κ2) is 8.14. The Morgan fingerprint density at radius 2 is 1.82 bits per heavy atom. The molecule has 0 saturated carbocycles. The summed E-state index contributed by atoms with van der Waals surface area (Å²) in [5.41, 5.74) is 6.66. The number of carbonyl (C=O) groups excluding carboxylic acids is 1. The van der Waals surface area contributed by atoms with Crippen LogP contribution in [0.2, 0.25) is 0 Å². The van der Waals surface area contributed by atoms with Gasteiger partial charge in [0.25, 0.3) is 0 Å². The van der Waals surface area contributed by atoms with E-state index in [0.29, 0.717) is 22.8 Å². The van der Waals surface area contributed by atoms with E-state index < -0.39 is 0 Å². The predicted molar refractivity (Wildman–Crippen MR) is 130 cm³/mol. The molecule has 33 heavy (non-hydrogen) atoms. The summed E-state index contributed by atoms with van der Waals surface area (Å²) in [5.74, 6) is 1.07. The van der Waals surface area contributed by atoms with Gasteiger partial charge in [-0.05, 0) is 49.6 Å². The Labute approximate surface area is 194 Å². The summed E-state index contributed by atoms with van der Waals surface area (Å²) in [6.45, 7) is 5.45. The molecule has 0 aliphatic rings. The maximum Gasteiger partial charge on any atom is 0.221 e. The summed E-state index contributed by atoms with van der Waals surface area (Å²) in [6, 6.07) is 9.47. The first-order valence-electron chi connectivity index (χ1n) is 10.3. The lowest BCUT2D eigenvalue weighted by Crippen LogP contribution is -2.05. The lowest BCUT2D eigenvalue weighted by molar-refractivity contribution is -0.114. The van der Waals surface area contributed by atoms with Crippen LogP contribution < -0.4 is 10.6 Å². The first-order chi connectivity index (χ1) is 15.9. The van der Waals surface area contributed by atoms with Crippen molar-refractivity contribution in [1.82, 2.24) is 29.3 Å².